The molecule has 2 aromatic carbocycles. The molecule has 172 valence electrons. The number of sulfone groups is 1. The Balaban J connectivity index is 1.60. The van der Waals surface area contributed by atoms with Crippen LogP contribution in [0.5, 0.6) is 0 Å². The quantitative estimate of drug-likeness (QED) is 0.580. The lowest BCUT2D eigenvalue weighted by Gasteiger charge is -2.24. The predicted octanol–water partition coefficient (Wildman–Crippen LogP) is 2.67. The fourth-order valence-electron chi connectivity index (χ4n) is 3.92. The minimum atomic E-state index is -3.80. The van der Waals surface area contributed by atoms with Crippen LogP contribution in [0.15, 0.2) is 51.8 Å². The van der Waals surface area contributed by atoms with E-state index < -0.39 is 33.1 Å². The lowest BCUT2D eigenvalue weighted by molar-refractivity contribution is -0.119. The lowest BCUT2D eigenvalue weighted by Crippen LogP contribution is -2.45. The summed E-state index contributed by atoms with van der Waals surface area (Å²) in [6, 6.07) is 10.4. The Hall–Kier alpha value is -2.79. The zero-order valence-corrected chi connectivity index (χ0v) is 19.3. The molecule has 3 aromatic rings. The minimum Gasteiger partial charge on any atom is -0.418 e. The van der Waals surface area contributed by atoms with Crippen molar-refractivity contribution in [3.8, 4) is 11.5 Å². The SMILES string of the molecule is COC1(c2nnc(-c3ccc4c(c3)N(Cc3ccc(Cl)cc3)C(=O)[C@@H](N)CS4(=O)=O)o2)CC1. The van der Waals surface area contributed by atoms with Gasteiger partial charge >= 0.3 is 0 Å². The number of hydrogen-bond donors (Lipinski definition) is 1. The summed E-state index contributed by atoms with van der Waals surface area (Å²) in [5.41, 5.74) is 6.90. The number of carbonyl (C=O) groups excluding carboxylic acids is 1. The number of benzene rings is 2. The molecule has 0 radical (unpaired) electrons. The number of halogens is 1. The molecule has 0 unspecified atom stereocenters. The van der Waals surface area contributed by atoms with Gasteiger partial charge in [0.15, 0.2) is 9.84 Å². The van der Waals surface area contributed by atoms with Crippen LogP contribution in [0.25, 0.3) is 11.5 Å². The summed E-state index contributed by atoms with van der Waals surface area (Å²) < 4.78 is 37.3. The van der Waals surface area contributed by atoms with Crippen LogP contribution in [-0.4, -0.2) is 43.4 Å². The van der Waals surface area contributed by atoms with Gasteiger partial charge in [-0.3, -0.25) is 4.79 Å². The Morgan fingerprint density at radius 2 is 1.94 bits per heavy atom. The number of amides is 1. The van der Waals surface area contributed by atoms with Crippen LogP contribution in [0, 0.1) is 0 Å². The topological polar surface area (TPSA) is 129 Å². The molecule has 1 fully saturated rings. The molecule has 2 aliphatic rings. The molecular formula is C22H21ClN4O5S. The van der Waals surface area contributed by atoms with Gasteiger partial charge in [0.05, 0.1) is 28.9 Å². The average Bonchev–Trinajstić information content (AvgIpc) is 3.45. The monoisotopic (exact) mass is 488 g/mol. The van der Waals surface area contributed by atoms with Gasteiger partial charge in [-0.2, -0.15) is 0 Å². The summed E-state index contributed by atoms with van der Waals surface area (Å²) in [4.78, 5) is 14.5. The first-order valence-corrected chi connectivity index (χ1v) is 12.3. The van der Waals surface area contributed by atoms with Gasteiger partial charge in [-0.15, -0.1) is 10.2 Å². The van der Waals surface area contributed by atoms with E-state index in [4.69, 9.17) is 26.5 Å². The van der Waals surface area contributed by atoms with E-state index in [0.29, 0.717) is 16.5 Å². The van der Waals surface area contributed by atoms with E-state index in [-0.39, 0.29) is 23.0 Å². The molecule has 11 heteroatoms. The first kappa shape index (κ1) is 22.0. The Labute approximate surface area is 195 Å². The maximum atomic E-state index is 13.1. The van der Waals surface area contributed by atoms with Crippen molar-refractivity contribution in [3.05, 3.63) is 58.9 Å². The Bertz CT molecular complexity index is 1340. The molecule has 1 atom stereocenters. The number of nitrogens with zero attached hydrogens (tertiary/aromatic N) is 3. The number of aromatic nitrogens is 2. The molecule has 33 heavy (non-hydrogen) atoms. The molecule has 0 spiro atoms. The molecular weight excluding hydrogens is 468 g/mol. The summed E-state index contributed by atoms with van der Waals surface area (Å²) in [6.07, 6.45) is 1.57. The van der Waals surface area contributed by atoms with Crippen molar-refractivity contribution in [2.45, 2.75) is 35.9 Å². The second-order valence-corrected chi connectivity index (χ2v) is 10.7. The molecule has 2 N–H and O–H groups in total. The highest BCUT2D eigenvalue weighted by molar-refractivity contribution is 7.91. The van der Waals surface area contributed by atoms with Crippen LogP contribution in [0.4, 0.5) is 5.69 Å². The van der Waals surface area contributed by atoms with E-state index in [2.05, 4.69) is 10.2 Å². The highest BCUT2D eigenvalue weighted by atomic mass is 35.5. The van der Waals surface area contributed by atoms with Crippen LogP contribution >= 0.6 is 11.6 Å². The second-order valence-electron chi connectivity index (χ2n) is 8.23. The zero-order chi connectivity index (χ0) is 23.4. The summed E-state index contributed by atoms with van der Waals surface area (Å²) in [5.74, 6) is -0.386. The van der Waals surface area contributed by atoms with Gasteiger partial charge in [0.2, 0.25) is 17.7 Å². The smallest absolute Gasteiger partial charge is 0.248 e. The van der Waals surface area contributed by atoms with Gasteiger partial charge in [-0.25, -0.2) is 8.42 Å². The number of anilines is 1. The van der Waals surface area contributed by atoms with Gasteiger partial charge in [-0.05, 0) is 48.7 Å². The maximum absolute atomic E-state index is 13.1. The lowest BCUT2D eigenvalue weighted by atomic mass is 10.1. The van der Waals surface area contributed by atoms with Gasteiger partial charge < -0.3 is 19.8 Å². The van der Waals surface area contributed by atoms with Crippen LogP contribution < -0.4 is 10.6 Å². The Morgan fingerprint density at radius 3 is 2.61 bits per heavy atom. The van der Waals surface area contributed by atoms with Crippen molar-refractivity contribution in [2.24, 2.45) is 5.73 Å². The highest BCUT2D eigenvalue weighted by Gasteiger charge is 2.50. The number of nitrogens with two attached hydrogens (primary N) is 1. The first-order valence-electron chi connectivity index (χ1n) is 10.3. The molecule has 1 aliphatic carbocycles. The van der Waals surface area contributed by atoms with Gasteiger partial charge in [-0.1, -0.05) is 23.7 Å². The van der Waals surface area contributed by atoms with Crippen molar-refractivity contribution in [3.63, 3.8) is 0 Å². The number of carbonyl (C=O) groups is 1. The molecule has 9 nitrogen and oxygen atoms in total. The molecule has 1 aromatic heterocycles. The van der Waals surface area contributed by atoms with Crippen LogP contribution in [0.3, 0.4) is 0 Å². The predicted molar refractivity (Wildman–Crippen MR) is 120 cm³/mol. The van der Waals surface area contributed by atoms with Crippen LogP contribution in [-0.2, 0) is 31.5 Å². The summed E-state index contributed by atoms with van der Waals surface area (Å²) >= 11 is 5.98. The van der Waals surface area contributed by atoms with E-state index >= 15 is 0 Å². The normalized spacial score (nSPS) is 20.9. The molecule has 5 rings (SSSR count). The summed E-state index contributed by atoms with van der Waals surface area (Å²) in [6.45, 7) is 0.123. The third kappa shape index (κ3) is 3.93. The summed E-state index contributed by atoms with van der Waals surface area (Å²) in [7, 11) is -2.21. The van der Waals surface area contributed by atoms with Crippen molar-refractivity contribution in [2.75, 3.05) is 17.8 Å². The second kappa shape index (κ2) is 7.91. The van der Waals surface area contributed by atoms with Gasteiger partial charge in [0.25, 0.3) is 0 Å². The maximum Gasteiger partial charge on any atom is 0.248 e. The standard InChI is InChI=1S/C22H21ClN4O5S/c1-31-22(8-9-22)21-26-25-19(32-21)14-4-7-18-17(10-14)27(11-13-2-5-15(23)6-3-13)20(28)16(24)12-33(18,29)30/h2-7,10,16H,8-9,11-12,24H2,1H3/t16-/m0/s1. The average molecular weight is 489 g/mol. The van der Waals surface area contributed by atoms with E-state index in [1.54, 1.807) is 43.5 Å². The number of ether oxygens (including phenoxy) is 1. The molecule has 1 saturated carbocycles. The third-order valence-electron chi connectivity index (χ3n) is 5.98. The first-order chi connectivity index (χ1) is 15.7. The number of fused-ring (bicyclic) bond motifs is 1. The third-order valence-corrected chi connectivity index (χ3v) is 8.04. The molecule has 0 bridgehead atoms. The van der Waals surface area contributed by atoms with E-state index in [9.17, 15) is 13.2 Å². The van der Waals surface area contributed by atoms with Crippen molar-refractivity contribution in [1.82, 2.24) is 10.2 Å². The van der Waals surface area contributed by atoms with Crippen molar-refractivity contribution >= 4 is 33.0 Å². The van der Waals surface area contributed by atoms with Crippen molar-refractivity contribution < 1.29 is 22.4 Å². The minimum absolute atomic E-state index is 0.0248. The number of rotatable bonds is 5. The van der Waals surface area contributed by atoms with Gasteiger partial charge in [0, 0.05) is 17.7 Å². The molecule has 1 amide bonds. The molecule has 2 heterocycles. The number of methoxy groups -OCH3 is 1. The van der Waals surface area contributed by atoms with Crippen LogP contribution in [0.2, 0.25) is 5.02 Å². The highest BCUT2D eigenvalue weighted by Crippen LogP contribution is 2.48. The largest absolute Gasteiger partial charge is 0.418 e. The Kier molecular flexibility index (Phi) is 5.28. The number of hydrogen-bond acceptors (Lipinski definition) is 8. The van der Waals surface area contributed by atoms with E-state index in [1.807, 2.05) is 0 Å². The zero-order valence-electron chi connectivity index (χ0n) is 17.7. The fourth-order valence-corrected chi connectivity index (χ4v) is 5.60. The molecule has 0 saturated heterocycles. The van der Waals surface area contributed by atoms with Gasteiger partial charge in [0.1, 0.15) is 5.60 Å². The fraction of sp³-hybridized carbons (Fsp3) is 0.318. The van der Waals surface area contributed by atoms with Crippen LogP contribution in [0.1, 0.15) is 24.3 Å². The Morgan fingerprint density at radius 1 is 1.21 bits per heavy atom. The van der Waals surface area contributed by atoms with Crippen molar-refractivity contribution in [1.29, 1.82) is 0 Å². The summed E-state index contributed by atoms with van der Waals surface area (Å²) in [5, 5.41) is 8.77. The van der Waals surface area contributed by atoms with E-state index in [0.717, 1.165) is 18.4 Å². The molecule has 1 aliphatic heterocycles. The van der Waals surface area contributed by atoms with E-state index in [1.165, 1.54) is 11.0 Å².